The van der Waals surface area contributed by atoms with E-state index in [4.69, 9.17) is 9.15 Å². The summed E-state index contributed by atoms with van der Waals surface area (Å²) in [6.45, 7) is 5.32. The van der Waals surface area contributed by atoms with E-state index in [1.54, 1.807) is 37.3 Å². The number of rotatable bonds is 4. The Kier molecular flexibility index (Phi) is 4.20. The van der Waals surface area contributed by atoms with E-state index in [2.05, 4.69) is 15.2 Å². The number of esters is 1. The molecule has 0 amide bonds. The molecule has 1 aromatic carbocycles. The number of thiazole rings is 1. The van der Waals surface area contributed by atoms with Gasteiger partial charge in [-0.3, -0.25) is 0 Å². The van der Waals surface area contributed by atoms with Crippen LogP contribution < -0.4 is 0 Å². The first-order valence-corrected chi connectivity index (χ1v) is 7.94. The molecule has 1 atom stereocenters. The lowest BCUT2D eigenvalue weighted by molar-refractivity contribution is 0.0277. The van der Waals surface area contributed by atoms with Gasteiger partial charge in [-0.15, -0.1) is 21.5 Å². The maximum absolute atomic E-state index is 12.3. The molecular weight excluding hydrogens is 314 g/mol. The van der Waals surface area contributed by atoms with E-state index in [1.807, 2.05) is 24.4 Å². The second kappa shape index (κ2) is 6.29. The Morgan fingerprint density at radius 3 is 2.78 bits per heavy atom. The first kappa shape index (κ1) is 15.4. The van der Waals surface area contributed by atoms with Crippen LogP contribution in [-0.4, -0.2) is 21.2 Å². The highest BCUT2D eigenvalue weighted by Crippen LogP contribution is 2.24. The molecule has 0 saturated carbocycles. The first-order chi connectivity index (χ1) is 11.0. The topological polar surface area (TPSA) is 78.1 Å². The molecule has 0 aliphatic rings. The molecule has 0 bridgehead atoms. The second-order valence-corrected chi connectivity index (χ2v) is 6.10. The Bertz CT molecular complexity index is 840. The third kappa shape index (κ3) is 3.45. The third-order valence-electron chi connectivity index (χ3n) is 3.19. The molecule has 0 unspecified atom stereocenters. The highest BCUT2D eigenvalue weighted by atomic mass is 32.1. The van der Waals surface area contributed by atoms with Gasteiger partial charge in [0.05, 0.1) is 16.3 Å². The van der Waals surface area contributed by atoms with Gasteiger partial charge in [0.2, 0.25) is 5.89 Å². The minimum absolute atomic E-state index is 0.280. The number of carbonyl (C=O) groups excluding carboxylic acids is 1. The van der Waals surface area contributed by atoms with Crippen molar-refractivity contribution in [1.29, 1.82) is 0 Å². The van der Waals surface area contributed by atoms with Crippen molar-refractivity contribution in [2.45, 2.75) is 26.9 Å². The van der Waals surface area contributed by atoms with Gasteiger partial charge in [0, 0.05) is 17.9 Å². The lowest BCUT2D eigenvalue weighted by Gasteiger charge is -2.09. The number of hydrogen-bond acceptors (Lipinski definition) is 7. The molecule has 6 nitrogen and oxygen atoms in total. The van der Waals surface area contributed by atoms with Crippen LogP contribution in [0.15, 0.2) is 34.1 Å². The highest BCUT2D eigenvalue weighted by molar-refractivity contribution is 7.09. The number of hydrogen-bond donors (Lipinski definition) is 0. The van der Waals surface area contributed by atoms with Crippen LogP contribution >= 0.6 is 11.3 Å². The fraction of sp³-hybridized carbons (Fsp3) is 0.250. The summed E-state index contributed by atoms with van der Waals surface area (Å²) in [6.07, 6.45) is -0.603. The standard InChI is InChI=1S/C16H15N3O3S/c1-9(15-19-18-10(2)22-15)21-16(20)13-6-4-5-12(7-13)14-8-23-11(3)17-14/h4-9H,1-3H3/t9-/m0/s1. The minimum atomic E-state index is -0.603. The lowest BCUT2D eigenvalue weighted by atomic mass is 10.1. The molecule has 0 spiro atoms. The van der Waals surface area contributed by atoms with Crippen LogP contribution in [0.25, 0.3) is 11.3 Å². The van der Waals surface area contributed by atoms with Crippen molar-refractivity contribution >= 4 is 17.3 Å². The average Bonchev–Trinajstić information content (AvgIpc) is 3.16. The van der Waals surface area contributed by atoms with Gasteiger partial charge in [-0.2, -0.15) is 0 Å². The zero-order valence-electron chi connectivity index (χ0n) is 12.9. The van der Waals surface area contributed by atoms with Crippen molar-refractivity contribution in [1.82, 2.24) is 15.2 Å². The summed E-state index contributed by atoms with van der Waals surface area (Å²) in [5, 5.41) is 10.5. The summed E-state index contributed by atoms with van der Waals surface area (Å²) in [5.41, 5.74) is 2.18. The van der Waals surface area contributed by atoms with Crippen molar-refractivity contribution in [3.63, 3.8) is 0 Å². The Morgan fingerprint density at radius 2 is 2.13 bits per heavy atom. The van der Waals surface area contributed by atoms with Gasteiger partial charge >= 0.3 is 5.97 Å². The van der Waals surface area contributed by atoms with E-state index in [-0.39, 0.29) is 5.89 Å². The fourth-order valence-corrected chi connectivity index (χ4v) is 2.68. The molecule has 0 aliphatic heterocycles. The zero-order chi connectivity index (χ0) is 16.4. The smallest absolute Gasteiger partial charge is 0.338 e. The summed E-state index contributed by atoms with van der Waals surface area (Å²) in [4.78, 5) is 16.7. The molecule has 2 aromatic heterocycles. The van der Waals surface area contributed by atoms with Crippen LogP contribution in [0.1, 0.15) is 40.2 Å². The van der Waals surface area contributed by atoms with E-state index in [0.717, 1.165) is 16.3 Å². The van der Waals surface area contributed by atoms with Gasteiger partial charge in [0.15, 0.2) is 6.10 Å². The molecule has 7 heteroatoms. The van der Waals surface area contributed by atoms with Gasteiger partial charge in [0.25, 0.3) is 5.89 Å². The Hall–Kier alpha value is -2.54. The van der Waals surface area contributed by atoms with Crippen molar-refractivity contribution in [2.24, 2.45) is 0 Å². The molecule has 0 aliphatic carbocycles. The van der Waals surface area contributed by atoms with Gasteiger partial charge in [-0.25, -0.2) is 9.78 Å². The predicted octanol–water partition coefficient (Wildman–Crippen LogP) is 3.73. The van der Waals surface area contributed by atoms with Crippen LogP contribution in [0.2, 0.25) is 0 Å². The van der Waals surface area contributed by atoms with Crippen molar-refractivity contribution in [3.8, 4) is 11.3 Å². The molecule has 0 radical (unpaired) electrons. The van der Waals surface area contributed by atoms with E-state index in [9.17, 15) is 4.79 Å². The molecule has 3 rings (SSSR count). The third-order valence-corrected chi connectivity index (χ3v) is 3.96. The monoisotopic (exact) mass is 329 g/mol. The molecule has 118 valence electrons. The van der Waals surface area contributed by atoms with Gasteiger partial charge in [-0.1, -0.05) is 12.1 Å². The number of ether oxygens (including phenoxy) is 1. The number of carbonyl (C=O) groups is 1. The quantitative estimate of drug-likeness (QED) is 0.679. The highest BCUT2D eigenvalue weighted by Gasteiger charge is 2.19. The van der Waals surface area contributed by atoms with Gasteiger partial charge in [0.1, 0.15) is 0 Å². The summed E-state index contributed by atoms with van der Waals surface area (Å²) < 4.78 is 10.6. The minimum Gasteiger partial charge on any atom is -0.449 e. The van der Waals surface area contributed by atoms with Crippen LogP contribution in [-0.2, 0) is 4.74 Å². The van der Waals surface area contributed by atoms with E-state index >= 15 is 0 Å². The number of benzene rings is 1. The molecule has 0 N–H and O–H groups in total. The normalized spacial score (nSPS) is 12.1. The number of nitrogens with zero attached hydrogens (tertiary/aromatic N) is 3. The summed E-state index contributed by atoms with van der Waals surface area (Å²) >= 11 is 1.57. The van der Waals surface area contributed by atoms with Gasteiger partial charge in [-0.05, 0) is 26.0 Å². The first-order valence-electron chi connectivity index (χ1n) is 7.06. The maximum atomic E-state index is 12.3. The summed E-state index contributed by atoms with van der Waals surface area (Å²) in [7, 11) is 0. The van der Waals surface area contributed by atoms with Crippen molar-refractivity contribution < 1.29 is 13.9 Å². The van der Waals surface area contributed by atoms with Crippen LogP contribution in [0.5, 0.6) is 0 Å². The lowest BCUT2D eigenvalue weighted by Crippen LogP contribution is -2.09. The summed E-state index contributed by atoms with van der Waals surface area (Å²) in [5.74, 6) is 0.271. The number of aryl methyl sites for hydroxylation is 2. The molecular formula is C16H15N3O3S. The number of aromatic nitrogens is 3. The van der Waals surface area contributed by atoms with Crippen LogP contribution in [0.3, 0.4) is 0 Å². The SMILES string of the molecule is Cc1nnc([C@H](C)OC(=O)c2cccc(-c3csc(C)n3)c2)o1. The Balaban J connectivity index is 1.77. The van der Waals surface area contributed by atoms with E-state index in [1.165, 1.54) is 0 Å². The Labute approximate surface area is 137 Å². The molecule has 23 heavy (non-hydrogen) atoms. The largest absolute Gasteiger partial charge is 0.449 e. The van der Waals surface area contributed by atoms with Crippen LogP contribution in [0.4, 0.5) is 0 Å². The van der Waals surface area contributed by atoms with Crippen LogP contribution in [0, 0.1) is 13.8 Å². The van der Waals surface area contributed by atoms with Gasteiger partial charge < -0.3 is 9.15 Å². The average molecular weight is 329 g/mol. The molecule has 2 heterocycles. The predicted molar refractivity (Wildman–Crippen MR) is 85.2 cm³/mol. The summed E-state index contributed by atoms with van der Waals surface area (Å²) in [6, 6.07) is 7.19. The fourth-order valence-electron chi connectivity index (χ4n) is 2.06. The zero-order valence-corrected chi connectivity index (χ0v) is 13.8. The molecule has 0 saturated heterocycles. The molecule has 3 aromatic rings. The van der Waals surface area contributed by atoms with Crippen molar-refractivity contribution in [3.05, 3.63) is 52.0 Å². The second-order valence-electron chi connectivity index (χ2n) is 5.04. The maximum Gasteiger partial charge on any atom is 0.338 e. The van der Waals surface area contributed by atoms with E-state index in [0.29, 0.717) is 11.5 Å². The van der Waals surface area contributed by atoms with E-state index < -0.39 is 12.1 Å². The Morgan fingerprint density at radius 1 is 1.30 bits per heavy atom. The molecule has 0 fully saturated rings. The van der Waals surface area contributed by atoms with Crippen molar-refractivity contribution in [2.75, 3.05) is 0 Å².